The molecule has 3 aromatic heterocycles. The molecule has 0 bridgehead atoms. The summed E-state index contributed by atoms with van der Waals surface area (Å²) in [5.74, 6) is 0.216. The van der Waals surface area contributed by atoms with E-state index in [0.29, 0.717) is 17.9 Å². The molecule has 7 heteroatoms. The Labute approximate surface area is 180 Å². The summed E-state index contributed by atoms with van der Waals surface area (Å²) in [5.41, 5.74) is 3.22. The van der Waals surface area contributed by atoms with Crippen molar-refractivity contribution >= 4 is 22.4 Å². The molecule has 0 N–H and O–H groups in total. The average molecular weight is 414 g/mol. The fourth-order valence-electron chi connectivity index (χ4n) is 3.59. The highest BCUT2D eigenvalue weighted by Crippen LogP contribution is 2.30. The summed E-state index contributed by atoms with van der Waals surface area (Å²) in [6, 6.07) is 17.0. The van der Waals surface area contributed by atoms with Crippen LogP contribution in [0.2, 0.25) is 0 Å². The van der Waals surface area contributed by atoms with Gasteiger partial charge in [0.15, 0.2) is 6.61 Å². The molecule has 0 saturated carbocycles. The molecule has 4 rings (SSSR count). The zero-order valence-corrected chi connectivity index (χ0v) is 17.2. The molecule has 0 saturated heterocycles. The third-order valence-electron chi connectivity index (χ3n) is 5.00. The first kappa shape index (κ1) is 20.4. The van der Waals surface area contributed by atoms with E-state index in [0.717, 1.165) is 28.5 Å². The predicted molar refractivity (Wildman–Crippen MR) is 117 cm³/mol. The summed E-state index contributed by atoms with van der Waals surface area (Å²) < 4.78 is 13.0. The minimum atomic E-state index is -0.362. The zero-order valence-electron chi connectivity index (χ0n) is 17.2. The molecule has 0 aliphatic rings. The van der Waals surface area contributed by atoms with E-state index in [9.17, 15) is 4.79 Å². The van der Waals surface area contributed by atoms with Gasteiger partial charge in [0.2, 0.25) is 0 Å². The van der Waals surface area contributed by atoms with Gasteiger partial charge in [0.25, 0.3) is 0 Å². The number of esters is 1. The van der Waals surface area contributed by atoms with E-state index in [1.54, 1.807) is 12.3 Å². The molecule has 0 atom stereocenters. The fourth-order valence-corrected chi connectivity index (χ4v) is 3.59. The maximum Gasteiger partial charge on any atom is 0.341 e. The van der Waals surface area contributed by atoms with Crippen LogP contribution in [-0.4, -0.2) is 47.1 Å². The van der Waals surface area contributed by atoms with Crippen molar-refractivity contribution in [2.45, 2.75) is 6.54 Å². The summed E-state index contributed by atoms with van der Waals surface area (Å²) in [5, 5.41) is 9.53. The van der Waals surface area contributed by atoms with Crippen LogP contribution in [0.4, 0.5) is 0 Å². The number of likely N-dealkylation sites (N-methyl/N-ethyl adjacent to an activating group) is 1. The van der Waals surface area contributed by atoms with E-state index in [1.807, 2.05) is 72.4 Å². The van der Waals surface area contributed by atoms with Crippen LogP contribution >= 0.6 is 0 Å². The second-order valence-corrected chi connectivity index (χ2v) is 7.19. The van der Waals surface area contributed by atoms with E-state index < -0.39 is 0 Å². The summed E-state index contributed by atoms with van der Waals surface area (Å²) >= 11 is 0. The highest BCUT2D eigenvalue weighted by molar-refractivity contribution is 6.11. The molecule has 0 radical (unpaired) electrons. The second-order valence-electron chi connectivity index (χ2n) is 7.19. The van der Waals surface area contributed by atoms with E-state index in [2.05, 4.69) is 9.88 Å². The van der Waals surface area contributed by atoms with Crippen molar-refractivity contribution in [3.63, 3.8) is 0 Å². The molecule has 0 spiro atoms. The maximum atomic E-state index is 13.0. The van der Waals surface area contributed by atoms with E-state index in [1.165, 1.54) is 0 Å². The number of nitrogens with zero attached hydrogens (tertiary/aromatic N) is 4. The number of fused-ring (bicyclic) bond motifs is 3. The van der Waals surface area contributed by atoms with Gasteiger partial charge in [-0.05, 0) is 42.9 Å². The van der Waals surface area contributed by atoms with Crippen molar-refractivity contribution in [1.82, 2.24) is 14.3 Å². The van der Waals surface area contributed by atoms with E-state index >= 15 is 0 Å². The van der Waals surface area contributed by atoms with Crippen molar-refractivity contribution in [3.8, 4) is 11.8 Å². The Kier molecular flexibility index (Phi) is 6.11. The summed E-state index contributed by atoms with van der Waals surface area (Å²) in [4.78, 5) is 19.2. The molecule has 0 fully saturated rings. The number of aromatic nitrogens is 2. The first-order valence-electron chi connectivity index (χ1n) is 9.94. The van der Waals surface area contributed by atoms with Crippen LogP contribution in [0.3, 0.4) is 0 Å². The number of nitriles is 1. The number of benzene rings is 1. The van der Waals surface area contributed by atoms with Crippen molar-refractivity contribution in [3.05, 3.63) is 78.2 Å². The van der Waals surface area contributed by atoms with Gasteiger partial charge in [-0.25, -0.2) is 4.79 Å². The van der Waals surface area contributed by atoms with Crippen LogP contribution in [-0.2, 0) is 11.3 Å². The minimum absolute atomic E-state index is 0.0315. The molecular weight excluding hydrogens is 392 g/mol. The molecule has 31 heavy (non-hydrogen) atoms. The van der Waals surface area contributed by atoms with Crippen LogP contribution < -0.4 is 4.74 Å². The Morgan fingerprint density at radius 1 is 1.19 bits per heavy atom. The number of rotatable bonds is 8. The van der Waals surface area contributed by atoms with Crippen LogP contribution in [0.5, 0.6) is 5.75 Å². The van der Waals surface area contributed by atoms with Crippen LogP contribution in [0.1, 0.15) is 15.9 Å². The molecule has 156 valence electrons. The SMILES string of the molecule is CN(CCOC(=O)c1c2ccc(OCC#N)cc2n2ccccc12)Cc1cccnc1. The maximum absolute atomic E-state index is 13.0. The highest BCUT2D eigenvalue weighted by atomic mass is 16.5. The lowest BCUT2D eigenvalue weighted by Gasteiger charge is -2.16. The van der Waals surface area contributed by atoms with Crippen LogP contribution in [0.25, 0.3) is 16.4 Å². The van der Waals surface area contributed by atoms with Gasteiger partial charge in [0.1, 0.15) is 18.4 Å². The Morgan fingerprint density at radius 2 is 2.10 bits per heavy atom. The first-order chi connectivity index (χ1) is 15.2. The molecule has 0 aliphatic heterocycles. The van der Waals surface area contributed by atoms with Gasteiger partial charge < -0.3 is 13.9 Å². The molecule has 0 unspecified atom stereocenters. The number of hydrogen-bond donors (Lipinski definition) is 0. The molecule has 0 aliphatic carbocycles. The molecular formula is C24H22N4O3. The summed E-state index contributed by atoms with van der Waals surface area (Å²) in [7, 11) is 1.98. The van der Waals surface area contributed by atoms with Crippen molar-refractivity contribution in [1.29, 1.82) is 5.26 Å². The monoisotopic (exact) mass is 414 g/mol. The Morgan fingerprint density at radius 3 is 2.90 bits per heavy atom. The lowest BCUT2D eigenvalue weighted by Crippen LogP contribution is -2.24. The molecule has 3 heterocycles. The topological polar surface area (TPSA) is 79.9 Å². The smallest absolute Gasteiger partial charge is 0.341 e. The van der Waals surface area contributed by atoms with Crippen LogP contribution in [0, 0.1) is 11.3 Å². The Bertz CT molecular complexity index is 1240. The number of carbonyl (C=O) groups excluding carboxylic acids is 1. The van der Waals surface area contributed by atoms with Gasteiger partial charge in [-0.3, -0.25) is 9.88 Å². The van der Waals surface area contributed by atoms with Crippen LogP contribution in [0.15, 0.2) is 67.1 Å². The van der Waals surface area contributed by atoms with Gasteiger partial charge in [-0.2, -0.15) is 5.26 Å². The summed E-state index contributed by atoms with van der Waals surface area (Å²) in [6.07, 6.45) is 5.47. The quantitative estimate of drug-likeness (QED) is 0.409. The first-order valence-corrected chi connectivity index (χ1v) is 9.94. The van der Waals surface area contributed by atoms with Gasteiger partial charge in [0, 0.05) is 43.1 Å². The second kappa shape index (κ2) is 9.28. The number of ether oxygens (including phenoxy) is 2. The normalized spacial score (nSPS) is 11.0. The van der Waals surface area contributed by atoms with Gasteiger partial charge >= 0.3 is 5.97 Å². The van der Waals surface area contributed by atoms with E-state index in [-0.39, 0.29) is 19.2 Å². The lowest BCUT2D eigenvalue weighted by atomic mass is 10.1. The van der Waals surface area contributed by atoms with Crippen molar-refractivity contribution in [2.24, 2.45) is 0 Å². The third-order valence-corrected chi connectivity index (χ3v) is 5.00. The predicted octanol–water partition coefficient (Wildman–Crippen LogP) is 3.68. The van der Waals surface area contributed by atoms with Gasteiger partial charge in [-0.1, -0.05) is 12.1 Å². The molecule has 1 aromatic carbocycles. The number of carbonyl (C=O) groups is 1. The van der Waals surface area contributed by atoms with Gasteiger partial charge in [-0.15, -0.1) is 0 Å². The largest absolute Gasteiger partial charge is 0.479 e. The summed E-state index contributed by atoms with van der Waals surface area (Å²) in [6.45, 7) is 1.59. The number of hydrogen-bond acceptors (Lipinski definition) is 6. The zero-order chi connectivity index (χ0) is 21.6. The van der Waals surface area contributed by atoms with Gasteiger partial charge in [0.05, 0.1) is 16.6 Å². The van der Waals surface area contributed by atoms with Crippen molar-refractivity contribution in [2.75, 3.05) is 26.8 Å². The molecule has 7 nitrogen and oxygen atoms in total. The fraction of sp³-hybridized carbons (Fsp3) is 0.208. The molecule has 4 aromatic rings. The average Bonchev–Trinajstić information content (AvgIpc) is 3.12. The van der Waals surface area contributed by atoms with Crippen molar-refractivity contribution < 1.29 is 14.3 Å². The number of pyridine rings is 2. The minimum Gasteiger partial charge on any atom is -0.479 e. The lowest BCUT2D eigenvalue weighted by molar-refractivity contribution is 0.0475. The standard InChI is InChI=1S/C24H22N4O3/c1-27(17-18-5-4-10-26-16-18)12-14-31-24(29)23-20-8-7-19(30-13-9-25)15-22(20)28-11-3-2-6-21(23)28/h2-8,10-11,15-16H,12-14,17H2,1H3. The van der Waals surface area contributed by atoms with E-state index in [4.69, 9.17) is 14.7 Å². The Balaban J connectivity index is 1.51. The highest BCUT2D eigenvalue weighted by Gasteiger charge is 2.20. The third kappa shape index (κ3) is 4.49. The Hall–Kier alpha value is -3.89. The molecule has 0 amide bonds.